The van der Waals surface area contributed by atoms with E-state index in [1.807, 2.05) is 0 Å². The van der Waals surface area contributed by atoms with Crippen LogP contribution in [0, 0.1) is 10.8 Å². The second kappa shape index (κ2) is 6.77. The molecule has 5 heteroatoms. The standard InChI is InChI=1S/C16H27NO4/c1-21-9-8-15(6-7-15)12-17-13(18)10-16(11-14(19)20)4-2-3-5-16/h2-12H2,1H3,(H,17,18)(H,19,20). The van der Waals surface area contributed by atoms with E-state index in [0.717, 1.165) is 51.6 Å². The normalized spacial score (nSPS) is 22.0. The van der Waals surface area contributed by atoms with Gasteiger partial charge in [-0.25, -0.2) is 0 Å². The monoisotopic (exact) mass is 297 g/mol. The van der Waals surface area contributed by atoms with E-state index in [9.17, 15) is 9.59 Å². The minimum Gasteiger partial charge on any atom is -0.481 e. The Hall–Kier alpha value is -1.10. The molecular weight excluding hydrogens is 270 g/mol. The summed E-state index contributed by atoms with van der Waals surface area (Å²) in [6, 6.07) is 0. The Bertz CT molecular complexity index is 384. The Morgan fingerprint density at radius 2 is 1.76 bits per heavy atom. The van der Waals surface area contributed by atoms with Crippen molar-refractivity contribution in [2.45, 2.75) is 57.8 Å². The van der Waals surface area contributed by atoms with Gasteiger partial charge in [-0.3, -0.25) is 9.59 Å². The van der Waals surface area contributed by atoms with Gasteiger partial charge in [-0.05, 0) is 42.9 Å². The van der Waals surface area contributed by atoms with Crippen LogP contribution in [0.4, 0.5) is 0 Å². The Morgan fingerprint density at radius 3 is 2.29 bits per heavy atom. The van der Waals surface area contributed by atoms with Gasteiger partial charge in [0, 0.05) is 26.7 Å². The Morgan fingerprint density at radius 1 is 1.10 bits per heavy atom. The van der Waals surface area contributed by atoms with Crippen molar-refractivity contribution in [3.63, 3.8) is 0 Å². The number of carbonyl (C=O) groups is 2. The highest BCUT2D eigenvalue weighted by Gasteiger charge is 2.43. The number of carboxylic acids is 1. The highest BCUT2D eigenvalue weighted by atomic mass is 16.5. The van der Waals surface area contributed by atoms with E-state index < -0.39 is 5.97 Å². The molecule has 2 N–H and O–H groups in total. The summed E-state index contributed by atoms with van der Waals surface area (Å²) in [4.78, 5) is 23.2. The van der Waals surface area contributed by atoms with Gasteiger partial charge in [-0.1, -0.05) is 12.8 Å². The molecular formula is C16H27NO4. The molecule has 0 atom stereocenters. The molecule has 0 aliphatic heterocycles. The van der Waals surface area contributed by atoms with E-state index in [1.165, 1.54) is 0 Å². The predicted molar refractivity (Wildman–Crippen MR) is 78.9 cm³/mol. The smallest absolute Gasteiger partial charge is 0.303 e. The lowest BCUT2D eigenvalue weighted by Gasteiger charge is -2.27. The number of methoxy groups -OCH3 is 1. The summed E-state index contributed by atoms with van der Waals surface area (Å²) in [5, 5.41) is 12.1. The summed E-state index contributed by atoms with van der Waals surface area (Å²) in [5.74, 6) is -0.773. The van der Waals surface area contributed by atoms with Gasteiger partial charge >= 0.3 is 5.97 Å². The number of rotatable bonds is 9. The molecule has 2 rings (SSSR count). The van der Waals surface area contributed by atoms with Crippen molar-refractivity contribution >= 4 is 11.9 Å². The van der Waals surface area contributed by atoms with Crippen LogP contribution in [0.2, 0.25) is 0 Å². The maximum atomic E-state index is 12.2. The summed E-state index contributed by atoms with van der Waals surface area (Å²) >= 11 is 0. The summed E-state index contributed by atoms with van der Waals surface area (Å²) < 4.78 is 5.11. The molecule has 0 saturated heterocycles. The molecule has 0 unspecified atom stereocenters. The molecule has 0 heterocycles. The molecule has 2 saturated carbocycles. The average Bonchev–Trinajstić information content (AvgIpc) is 3.07. The van der Waals surface area contributed by atoms with Crippen LogP contribution in [0.3, 0.4) is 0 Å². The molecule has 0 aromatic heterocycles. The van der Waals surface area contributed by atoms with E-state index in [4.69, 9.17) is 9.84 Å². The van der Waals surface area contributed by atoms with Gasteiger partial charge in [0.1, 0.15) is 0 Å². The molecule has 1 amide bonds. The molecule has 120 valence electrons. The third-order valence-corrected chi connectivity index (χ3v) is 5.18. The number of ether oxygens (including phenoxy) is 1. The quantitative estimate of drug-likeness (QED) is 0.685. The molecule has 21 heavy (non-hydrogen) atoms. The zero-order valence-corrected chi connectivity index (χ0v) is 13.0. The van der Waals surface area contributed by atoms with Gasteiger partial charge in [0.15, 0.2) is 0 Å². The molecule has 0 radical (unpaired) electrons. The summed E-state index contributed by atoms with van der Waals surface area (Å²) in [5.41, 5.74) is -0.0690. The van der Waals surface area contributed by atoms with Crippen LogP contribution in [0.1, 0.15) is 57.8 Å². The van der Waals surface area contributed by atoms with Crippen LogP contribution in [0.5, 0.6) is 0 Å². The van der Waals surface area contributed by atoms with Crippen LogP contribution in [-0.2, 0) is 14.3 Å². The Kier molecular flexibility index (Phi) is 5.25. The molecule has 2 fully saturated rings. The van der Waals surface area contributed by atoms with Crippen LogP contribution in [0.25, 0.3) is 0 Å². The van der Waals surface area contributed by atoms with Crippen LogP contribution in [-0.4, -0.2) is 37.2 Å². The average molecular weight is 297 g/mol. The van der Waals surface area contributed by atoms with Gasteiger partial charge in [0.05, 0.1) is 6.42 Å². The van der Waals surface area contributed by atoms with E-state index in [1.54, 1.807) is 7.11 Å². The largest absolute Gasteiger partial charge is 0.481 e. The fourth-order valence-electron chi connectivity index (χ4n) is 3.56. The van der Waals surface area contributed by atoms with Gasteiger partial charge in [0.25, 0.3) is 0 Å². The first-order valence-corrected chi connectivity index (χ1v) is 7.97. The van der Waals surface area contributed by atoms with Gasteiger partial charge in [-0.15, -0.1) is 0 Å². The fourth-order valence-corrected chi connectivity index (χ4v) is 3.56. The number of amides is 1. The van der Waals surface area contributed by atoms with Crippen LogP contribution >= 0.6 is 0 Å². The second-order valence-electron chi connectivity index (χ2n) is 6.97. The van der Waals surface area contributed by atoms with Gasteiger partial charge in [0.2, 0.25) is 5.91 Å². The number of carbonyl (C=O) groups excluding carboxylic acids is 1. The number of aliphatic carboxylic acids is 1. The lowest BCUT2D eigenvalue weighted by atomic mass is 9.79. The maximum Gasteiger partial charge on any atom is 0.303 e. The van der Waals surface area contributed by atoms with Crippen molar-refractivity contribution in [1.29, 1.82) is 0 Å². The number of nitrogens with one attached hydrogen (secondary N) is 1. The predicted octanol–water partition coefficient (Wildman–Crippen LogP) is 2.34. The maximum absolute atomic E-state index is 12.2. The first kappa shape index (κ1) is 16.3. The highest BCUT2D eigenvalue weighted by Crippen LogP contribution is 2.48. The first-order valence-electron chi connectivity index (χ1n) is 7.97. The molecule has 0 bridgehead atoms. The highest BCUT2D eigenvalue weighted by molar-refractivity contribution is 5.78. The summed E-state index contributed by atoms with van der Waals surface area (Å²) in [6.45, 7) is 1.44. The van der Waals surface area contributed by atoms with Crippen LogP contribution < -0.4 is 5.32 Å². The Balaban J connectivity index is 1.79. The van der Waals surface area contributed by atoms with E-state index in [2.05, 4.69) is 5.32 Å². The molecule has 2 aliphatic carbocycles. The fraction of sp³-hybridized carbons (Fsp3) is 0.875. The molecule has 2 aliphatic rings. The van der Waals surface area contributed by atoms with Crippen molar-refractivity contribution in [2.75, 3.05) is 20.3 Å². The van der Waals surface area contributed by atoms with E-state index in [-0.39, 0.29) is 23.2 Å². The minimum atomic E-state index is -0.788. The van der Waals surface area contributed by atoms with Gasteiger partial charge < -0.3 is 15.2 Å². The van der Waals surface area contributed by atoms with E-state index >= 15 is 0 Å². The van der Waals surface area contributed by atoms with Crippen LogP contribution in [0.15, 0.2) is 0 Å². The zero-order valence-electron chi connectivity index (χ0n) is 13.0. The number of hydrogen-bond donors (Lipinski definition) is 2. The first-order chi connectivity index (χ1) is 9.99. The van der Waals surface area contributed by atoms with Crippen molar-refractivity contribution in [2.24, 2.45) is 10.8 Å². The third kappa shape index (κ3) is 4.70. The van der Waals surface area contributed by atoms with E-state index in [0.29, 0.717) is 13.0 Å². The molecule has 0 aromatic carbocycles. The third-order valence-electron chi connectivity index (χ3n) is 5.18. The lowest BCUT2D eigenvalue weighted by molar-refractivity contribution is -0.140. The zero-order chi connectivity index (χ0) is 15.3. The topological polar surface area (TPSA) is 75.6 Å². The second-order valence-corrected chi connectivity index (χ2v) is 6.97. The minimum absolute atomic E-state index is 0.0156. The lowest BCUT2D eigenvalue weighted by Crippen LogP contribution is -2.35. The SMILES string of the molecule is COCCC1(CNC(=O)CC2(CC(=O)O)CCCC2)CC1. The van der Waals surface area contributed by atoms with Crippen molar-refractivity contribution < 1.29 is 19.4 Å². The number of carboxylic acid groups (broad SMARTS) is 1. The van der Waals surface area contributed by atoms with Gasteiger partial charge in [-0.2, -0.15) is 0 Å². The molecule has 0 aromatic rings. The van der Waals surface area contributed by atoms with Crippen molar-refractivity contribution in [3.8, 4) is 0 Å². The summed E-state index contributed by atoms with van der Waals surface area (Å²) in [7, 11) is 1.70. The van der Waals surface area contributed by atoms with Crippen molar-refractivity contribution in [3.05, 3.63) is 0 Å². The summed E-state index contributed by atoms with van der Waals surface area (Å²) in [6.07, 6.45) is 7.58. The molecule has 5 nitrogen and oxygen atoms in total. The van der Waals surface area contributed by atoms with Crippen molar-refractivity contribution in [1.82, 2.24) is 5.32 Å². The Labute approximate surface area is 126 Å². The molecule has 0 spiro atoms. The number of hydrogen-bond acceptors (Lipinski definition) is 3.